The van der Waals surface area contributed by atoms with E-state index in [9.17, 15) is 19.5 Å². The third kappa shape index (κ3) is 5.23. The molecule has 7 nitrogen and oxygen atoms in total. The largest absolute Gasteiger partial charge is 0.480 e. The molecule has 1 amide bonds. The summed E-state index contributed by atoms with van der Waals surface area (Å²) in [5.41, 5.74) is 7.98. The van der Waals surface area contributed by atoms with Crippen molar-refractivity contribution < 1.29 is 24.2 Å². The number of unbranched alkanes of at least 4 members (excludes halogenated alkanes) is 1. The van der Waals surface area contributed by atoms with Crippen LogP contribution in [0.25, 0.3) is 0 Å². The van der Waals surface area contributed by atoms with Crippen molar-refractivity contribution >= 4 is 29.6 Å². The topological polar surface area (TPSA) is 110 Å². The van der Waals surface area contributed by atoms with Crippen LogP contribution >= 0.6 is 11.8 Å². The number of ether oxygens (including phenoxy) is 1. The average molecular weight is 449 g/mol. The van der Waals surface area contributed by atoms with Gasteiger partial charge in [-0.1, -0.05) is 43.7 Å². The van der Waals surface area contributed by atoms with Crippen molar-refractivity contribution in [1.29, 1.82) is 0 Å². The lowest BCUT2D eigenvalue weighted by molar-refractivity contribution is -0.154. The van der Waals surface area contributed by atoms with Crippen molar-refractivity contribution in [2.75, 3.05) is 12.4 Å². The molecule has 1 aromatic carbocycles. The van der Waals surface area contributed by atoms with Gasteiger partial charge in [0.2, 0.25) is 5.91 Å². The Morgan fingerprint density at radius 1 is 1.29 bits per heavy atom. The number of esters is 1. The number of carbonyl (C=O) groups excluding carboxylic acids is 2. The molecule has 2 aliphatic heterocycles. The lowest BCUT2D eigenvalue weighted by Gasteiger charge is -2.41. The molecule has 4 unspecified atom stereocenters. The van der Waals surface area contributed by atoms with Crippen LogP contribution in [0.2, 0.25) is 0 Å². The van der Waals surface area contributed by atoms with Gasteiger partial charge in [0, 0.05) is 18.1 Å². The summed E-state index contributed by atoms with van der Waals surface area (Å²) in [5.74, 6) is -2.34. The highest BCUT2D eigenvalue weighted by atomic mass is 32.2. The summed E-state index contributed by atoms with van der Waals surface area (Å²) in [4.78, 5) is 37.8. The van der Waals surface area contributed by atoms with E-state index in [0.29, 0.717) is 19.4 Å². The molecule has 1 aromatic rings. The number of hydrogen-bond donors (Lipinski definition) is 2. The van der Waals surface area contributed by atoms with Gasteiger partial charge >= 0.3 is 11.9 Å². The van der Waals surface area contributed by atoms with Gasteiger partial charge in [0.05, 0.1) is 12.5 Å². The second-order valence-electron chi connectivity index (χ2n) is 8.33. The molecule has 2 heterocycles. The maximum atomic E-state index is 13.0. The average Bonchev–Trinajstić information content (AvgIpc) is 3.07. The minimum atomic E-state index is -1.22. The molecule has 3 rings (SSSR count). The van der Waals surface area contributed by atoms with Gasteiger partial charge in [-0.05, 0) is 37.7 Å². The zero-order valence-electron chi connectivity index (χ0n) is 18.0. The molecule has 8 heteroatoms. The quantitative estimate of drug-likeness (QED) is 0.441. The van der Waals surface area contributed by atoms with Gasteiger partial charge in [-0.2, -0.15) is 0 Å². The van der Waals surface area contributed by atoms with Crippen LogP contribution in [-0.4, -0.2) is 51.2 Å². The van der Waals surface area contributed by atoms with Gasteiger partial charge in [0.1, 0.15) is 11.0 Å². The Balaban J connectivity index is 1.84. The molecule has 2 fully saturated rings. The number of aryl methyl sites for hydroxylation is 1. The van der Waals surface area contributed by atoms with E-state index in [1.807, 2.05) is 25.1 Å². The van der Waals surface area contributed by atoms with Crippen LogP contribution in [0.3, 0.4) is 0 Å². The molecule has 4 atom stereocenters. The van der Waals surface area contributed by atoms with Crippen LogP contribution < -0.4 is 5.73 Å². The molecule has 0 bridgehead atoms. The summed E-state index contributed by atoms with van der Waals surface area (Å²) in [6, 6.07) is 9.10. The van der Waals surface area contributed by atoms with E-state index in [1.165, 1.54) is 22.2 Å². The van der Waals surface area contributed by atoms with Crippen LogP contribution in [0.4, 0.5) is 0 Å². The first-order chi connectivity index (χ1) is 14.9. The number of thioether (sulfide) groups is 1. The van der Waals surface area contributed by atoms with E-state index in [0.717, 1.165) is 25.7 Å². The van der Waals surface area contributed by atoms with Gasteiger partial charge < -0.3 is 14.7 Å². The van der Waals surface area contributed by atoms with Crippen LogP contribution in [-0.2, 0) is 25.5 Å². The molecule has 0 spiro atoms. The van der Waals surface area contributed by atoms with E-state index in [-0.39, 0.29) is 30.0 Å². The maximum absolute atomic E-state index is 13.0. The van der Waals surface area contributed by atoms with Gasteiger partial charge in [-0.15, -0.1) is 11.8 Å². The van der Waals surface area contributed by atoms with Crippen LogP contribution in [0.1, 0.15) is 51.0 Å². The van der Waals surface area contributed by atoms with Crippen LogP contribution in [0, 0.1) is 11.8 Å². The second kappa shape index (κ2) is 10.5. The fourth-order valence-electron chi connectivity index (χ4n) is 4.61. The van der Waals surface area contributed by atoms with Crippen molar-refractivity contribution in [3.63, 3.8) is 0 Å². The Hall–Kier alpha value is -2.06. The van der Waals surface area contributed by atoms with Crippen molar-refractivity contribution in [1.82, 2.24) is 4.90 Å². The number of nitrogens with zero attached hydrogens (tertiary/aromatic N) is 1. The van der Waals surface area contributed by atoms with Crippen molar-refractivity contribution in [3.05, 3.63) is 35.9 Å². The van der Waals surface area contributed by atoms with Gasteiger partial charge in [0.25, 0.3) is 0 Å². The van der Waals surface area contributed by atoms with E-state index in [2.05, 4.69) is 12.1 Å². The normalized spacial score (nSPS) is 28.1. The predicted molar refractivity (Wildman–Crippen MR) is 119 cm³/mol. The minimum Gasteiger partial charge on any atom is -0.480 e. The second-order valence-corrected chi connectivity index (χ2v) is 9.61. The van der Waals surface area contributed by atoms with Gasteiger partial charge in [-0.3, -0.25) is 15.3 Å². The molecule has 0 aromatic heterocycles. The highest BCUT2D eigenvalue weighted by Crippen LogP contribution is 2.49. The number of carboxylic acid groups (broad SMARTS) is 1. The van der Waals surface area contributed by atoms with Gasteiger partial charge in [-0.25, -0.2) is 4.79 Å². The van der Waals surface area contributed by atoms with Crippen LogP contribution in [0.5, 0.6) is 0 Å². The van der Waals surface area contributed by atoms with E-state index < -0.39 is 22.9 Å². The predicted octanol–water partition coefficient (Wildman–Crippen LogP) is 3.02. The Bertz CT molecular complexity index is 789. The maximum Gasteiger partial charge on any atom is 0.327 e. The SMILES string of the molecule is CCCCOC(=O)C1CCC(=O)N2C(C(=O)O)CSC2(N)C1CCCc1ccccc1. The Morgan fingerprint density at radius 3 is 2.71 bits per heavy atom. The smallest absolute Gasteiger partial charge is 0.327 e. The molecule has 170 valence electrons. The summed E-state index contributed by atoms with van der Waals surface area (Å²) in [6.45, 7) is 2.38. The molecular weight excluding hydrogens is 416 g/mol. The number of amides is 1. The van der Waals surface area contributed by atoms with E-state index in [4.69, 9.17) is 10.5 Å². The standard InChI is InChI=1S/C23H32N2O5S/c1-2-3-14-30-22(29)17-12-13-20(26)25-19(21(27)28)15-31-23(25,24)18(17)11-7-10-16-8-5-4-6-9-16/h4-6,8-9,17-19H,2-3,7,10-15,24H2,1H3,(H,27,28). The number of hydrogen-bond acceptors (Lipinski definition) is 6. The van der Waals surface area contributed by atoms with Crippen LogP contribution in [0.15, 0.2) is 30.3 Å². The molecular formula is C23H32N2O5S. The number of carboxylic acids is 1. The first-order valence-corrected chi connectivity index (χ1v) is 12.1. The number of benzene rings is 1. The zero-order chi connectivity index (χ0) is 22.4. The summed E-state index contributed by atoms with van der Waals surface area (Å²) < 4.78 is 5.53. The summed E-state index contributed by atoms with van der Waals surface area (Å²) in [5, 5.41) is 9.65. The Morgan fingerprint density at radius 2 is 2.03 bits per heavy atom. The molecule has 3 N–H and O–H groups in total. The molecule has 0 aliphatic carbocycles. The fourth-order valence-corrected chi connectivity index (χ4v) is 6.19. The van der Waals surface area contributed by atoms with Crippen molar-refractivity contribution in [2.45, 2.75) is 62.9 Å². The molecule has 2 saturated heterocycles. The first kappa shape index (κ1) is 23.6. The third-order valence-corrected chi connectivity index (χ3v) is 7.71. The fraction of sp³-hybridized carbons (Fsp3) is 0.609. The van der Waals surface area contributed by atoms with E-state index in [1.54, 1.807) is 0 Å². The summed E-state index contributed by atoms with van der Waals surface area (Å²) in [6.07, 6.45) is 4.36. The number of nitrogens with two attached hydrogens (primary N) is 1. The highest BCUT2D eigenvalue weighted by molar-refractivity contribution is 8.00. The number of aliphatic carboxylic acids is 1. The minimum absolute atomic E-state index is 0.103. The number of carbonyl (C=O) groups is 3. The summed E-state index contributed by atoms with van der Waals surface area (Å²) >= 11 is 1.28. The summed E-state index contributed by atoms with van der Waals surface area (Å²) in [7, 11) is 0. The molecule has 0 saturated carbocycles. The van der Waals surface area contributed by atoms with Crippen molar-refractivity contribution in [3.8, 4) is 0 Å². The van der Waals surface area contributed by atoms with Crippen molar-refractivity contribution in [2.24, 2.45) is 17.6 Å². The molecule has 31 heavy (non-hydrogen) atoms. The lowest BCUT2D eigenvalue weighted by Crippen LogP contribution is -2.61. The molecule has 0 radical (unpaired) electrons. The third-order valence-electron chi connectivity index (χ3n) is 6.27. The Kier molecular flexibility index (Phi) is 8.00. The number of fused-ring (bicyclic) bond motifs is 1. The first-order valence-electron chi connectivity index (χ1n) is 11.1. The van der Waals surface area contributed by atoms with Gasteiger partial charge in [0.15, 0.2) is 0 Å². The lowest BCUT2D eigenvalue weighted by atomic mass is 9.82. The zero-order valence-corrected chi connectivity index (χ0v) is 18.8. The van der Waals surface area contributed by atoms with E-state index >= 15 is 0 Å². The highest BCUT2D eigenvalue weighted by Gasteiger charge is 2.58. The monoisotopic (exact) mass is 448 g/mol. The Labute approximate surface area is 187 Å². The molecule has 2 aliphatic rings. The number of rotatable bonds is 9.